The van der Waals surface area contributed by atoms with E-state index in [2.05, 4.69) is 94.6 Å². The predicted molar refractivity (Wildman–Crippen MR) is 97.5 cm³/mol. The van der Waals surface area contributed by atoms with E-state index in [0.29, 0.717) is 0 Å². The summed E-state index contributed by atoms with van der Waals surface area (Å²) in [6.07, 6.45) is 7.22. The highest BCUT2D eigenvalue weighted by molar-refractivity contribution is 5.60. The van der Waals surface area contributed by atoms with E-state index in [1.54, 1.807) is 0 Å². The normalized spacial score (nSPS) is 12.5. The van der Waals surface area contributed by atoms with Crippen molar-refractivity contribution in [1.29, 1.82) is 0 Å². The maximum atomic E-state index is 4.89. The molecule has 0 amide bonds. The van der Waals surface area contributed by atoms with E-state index in [4.69, 9.17) is 4.98 Å². The van der Waals surface area contributed by atoms with Crippen LogP contribution in [0, 0.1) is 0 Å². The lowest BCUT2D eigenvalue weighted by atomic mass is 10.0. The van der Waals surface area contributed by atoms with E-state index in [0.717, 1.165) is 24.4 Å². The Bertz CT molecular complexity index is 1060. The number of benzene rings is 2. The molecule has 3 heterocycles. The van der Waals surface area contributed by atoms with Crippen molar-refractivity contribution in [2.45, 2.75) is 13.0 Å². The van der Waals surface area contributed by atoms with Gasteiger partial charge in [0.05, 0.1) is 5.69 Å². The molecular weight excluding hydrogens is 306 g/mol. The van der Waals surface area contributed by atoms with Gasteiger partial charge in [-0.05, 0) is 41.5 Å². The van der Waals surface area contributed by atoms with Crippen LogP contribution < -0.4 is 4.57 Å². The molecule has 0 N–H and O–H groups in total. The molecule has 0 atom stereocenters. The highest BCUT2D eigenvalue weighted by Gasteiger charge is 2.11. The van der Waals surface area contributed by atoms with Gasteiger partial charge in [0.1, 0.15) is 24.6 Å². The van der Waals surface area contributed by atoms with Crippen LogP contribution in [-0.2, 0) is 13.0 Å². The maximum absolute atomic E-state index is 4.89. The van der Waals surface area contributed by atoms with Gasteiger partial charge in [-0.2, -0.15) is 0 Å². The third-order valence-electron chi connectivity index (χ3n) is 4.68. The third kappa shape index (κ3) is 2.74. The smallest absolute Gasteiger partial charge is 0.249 e. The first-order chi connectivity index (χ1) is 12.3. The second-order valence-electron chi connectivity index (χ2n) is 6.55. The minimum Gasteiger partial charge on any atom is -0.252 e. The fourth-order valence-electron chi connectivity index (χ4n) is 3.46. The van der Waals surface area contributed by atoms with Crippen molar-refractivity contribution < 1.29 is 4.57 Å². The van der Waals surface area contributed by atoms with Crippen LogP contribution in [0.25, 0.3) is 16.9 Å². The van der Waals surface area contributed by atoms with E-state index < -0.39 is 0 Å². The molecule has 0 radical (unpaired) electrons. The summed E-state index contributed by atoms with van der Waals surface area (Å²) in [4.78, 5) is 4.89. The molecule has 0 aliphatic carbocycles. The Hall–Kier alpha value is -3.20. The topological polar surface area (TPSA) is 21.7 Å². The molecule has 0 spiro atoms. The van der Waals surface area contributed by atoms with E-state index >= 15 is 0 Å². The van der Waals surface area contributed by atoms with Crippen molar-refractivity contribution in [1.82, 2.24) is 9.55 Å². The molecule has 1 aliphatic heterocycles. The average molecular weight is 324 g/mol. The van der Waals surface area contributed by atoms with Crippen LogP contribution in [0.15, 0.2) is 85.5 Å². The van der Waals surface area contributed by atoms with Gasteiger partial charge in [0.25, 0.3) is 0 Å². The fraction of sp³-hybridized carbons (Fsp3) is 0.0909. The van der Waals surface area contributed by atoms with Gasteiger partial charge >= 0.3 is 0 Å². The quantitative estimate of drug-likeness (QED) is 0.397. The molecule has 120 valence electrons. The Labute approximate surface area is 146 Å². The van der Waals surface area contributed by atoms with Gasteiger partial charge in [0, 0.05) is 17.7 Å². The lowest BCUT2D eigenvalue weighted by Gasteiger charge is -2.08. The molecule has 1 aliphatic rings. The van der Waals surface area contributed by atoms with Crippen LogP contribution in [0.3, 0.4) is 0 Å². The predicted octanol–water partition coefficient (Wildman–Crippen LogP) is 3.78. The van der Waals surface area contributed by atoms with Gasteiger partial charge in [0.15, 0.2) is 0 Å². The molecule has 0 saturated carbocycles. The highest BCUT2D eigenvalue weighted by atomic mass is 15.1. The van der Waals surface area contributed by atoms with Crippen LogP contribution in [0.5, 0.6) is 0 Å². The fourth-order valence-corrected chi connectivity index (χ4v) is 3.46. The van der Waals surface area contributed by atoms with Crippen molar-refractivity contribution in [3.05, 3.63) is 102 Å². The van der Waals surface area contributed by atoms with Crippen LogP contribution >= 0.6 is 0 Å². The Kier molecular flexibility index (Phi) is 3.23. The molecule has 2 aromatic heterocycles. The summed E-state index contributed by atoms with van der Waals surface area (Å²) in [6.45, 7) is 0.847. The van der Waals surface area contributed by atoms with E-state index in [1.807, 2.05) is 0 Å². The van der Waals surface area contributed by atoms with Gasteiger partial charge < -0.3 is 0 Å². The number of hydrogen-bond donors (Lipinski definition) is 0. The summed E-state index contributed by atoms with van der Waals surface area (Å²) in [7, 11) is 0. The first-order valence-corrected chi connectivity index (χ1v) is 8.55. The molecule has 3 heteroatoms. The summed E-state index contributed by atoms with van der Waals surface area (Å²) < 4.78 is 4.38. The second-order valence-corrected chi connectivity index (χ2v) is 6.55. The molecule has 8 bridgehead atoms. The zero-order valence-corrected chi connectivity index (χ0v) is 13.8. The summed E-state index contributed by atoms with van der Waals surface area (Å²) in [6, 6.07) is 23.6. The summed E-state index contributed by atoms with van der Waals surface area (Å²) in [5.74, 6) is 0. The lowest BCUT2D eigenvalue weighted by molar-refractivity contribution is -0.687. The van der Waals surface area contributed by atoms with E-state index in [9.17, 15) is 0 Å². The van der Waals surface area contributed by atoms with E-state index in [-0.39, 0.29) is 0 Å². The zero-order valence-electron chi connectivity index (χ0n) is 13.8. The minimum atomic E-state index is 0.836. The average Bonchev–Trinajstić information content (AvgIpc) is 3.10. The number of fused-ring (bicyclic) bond motifs is 10. The van der Waals surface area contributed by atoms with Crippen LogP contribution in [0.4, 0.5) is 0 Å². The van der Waals surface area contributed by atoms with Crippen LogP contribution in [0.2, 0.25) is 0 Å². The number of rotatable bonds is 0. The monoisotopic (exact) mass is 324 g/mol. The summed E-state index contributed by atoms with van der Waals surface area (Å²) >= 11 is 0. The molecule has 3 nitrogen and oxygen atoms in total. The van der Waals surface area contributed by atoms with Gasteiger partial charge in [-0.1, -0.05) is 36.4 Å². The number of nitrogens with zero attached hydrogens (tertiary/aromatic N) is 3. The van der Waals surface area contributed by atoms with Crippen molar-refractivity contribution >= 4 is 0 Å². The Morgan fingerprint density at radius 3 is 2.76 bits per heavy atom. The third-order valence-corrected chi connectivity index (χ3v) is 4.68. The standard InChI is InChI=1S/C22H18N3/c1-5-18-12-19(6-1)22-9-3-7-20(23-22)13-17-4-2-8-21(14-17)25-11-10-24(15-18)16-25/h1-12,14,16H,13,15H2/q+1. The molecule has 25 heavy (non-hydrogen) atoms. The SMILES string of the molecule is c1cc2cc(c1)-c1cccc(n1)Cc1cccc(c1)-n1cc[n+](c1)C2. The van der Waals surface area contributed by atoms with Crippen molar-refractivity contribution in [3.8, 4) is 16.9 Å². The molecule has 0 fully saturated rings. The minimum absolute atomic E-state index is 0.836. The number of hydrogen-bond acceptors (Lipinski definition) is 1. The van der Waals surface area contributed by atoms with Crippen molar-refractivity contribution in [3.63, 3.8) is 0 Å². The molecule has 2 aromatic carbocycles. The summed E-state index contributed by atoms with van der Waals surface area (Å²) in [5, 5.41) is 0. The van der Waals surface area contributed by atoms with Gasteiger partial charge in [-0.15, -0.1) is 0 Å². The van der Waals surface area contributed by atoms with Crippen LogP contribution in [-0.4, -0.2) is 9.55 Å². The van der Waals surface area contributed by atoms with Crippen LogP contribution in [0.1, 0.15) is 16.8 Å². The molecule has 0 saturated heterocycles. The van der Waals surface area contributed by atoms with Crippen molar-refractivity contribution in [2.75, 3.05) is 0 Å². The number of aromatic nitrogens is 3. The summed E-state index contributed by atoms with van der Waals surface area (Å²) in [5.41, 5.74) is 7.03. The highest BCUT2D eigenvalue weighted by Crippen LogP contribution is 2.21. The molecular formula is C22H18N3+. The zero-order chi connectivity index (χ0) is 16.6. The van der Waals surface area contributed by atoms with Gasteiger partial charge in [-0.25, -0.2) is 9.13 Å². The first kappa shape index (κ1) is 14.2. The Morgan fingerprint density at radius 1 is 0.880 bits per heavy atom. The first-order valence-electron chi connectivity index (χ1n) is 8.55. The Morgan fingerprint density at radius 2 is 1.76 bits per heavy atom. The molecule has 4 aromatic rings. The molecule has 5 rings (SSSR count). The molecule has 0 unspecified atom stereocenters. The largest absolute Gasteiger partial charge is 0.252 e. The lowest BCUT2D eigenvalue weighted by Crippen LogP contribution is -2.31. The number of pyridine rings is 1. The van der Waals surface area contributed by atoms with Gasteiger partial charge in [0.2, 0.25) is 6.33 Å². The Balaban J connectivity index is 1.71. The van der Waals surface area contributed by atoms with Gasteiger partial charge in [-0.3, -0.25) is 4.98 Å². The van der Waals surface area contributed by atoms with E-state index in [1.165, 1.54) is 22.4 Å². The second kappa shape index (κ2) is 5.71. The number of imidazole rings is 1. The maximum Gasteiger partial charge on any atom is 0.249 e. The van der Waals surface area contributed by atoms with Crippen molar-refractivity contribution in [2.24, 2.45) is 0 Å².